The lowest BCUT2D eigenvalue weighted by atomic mass is 9.83. The molecule has 1 aromatic heterocycles. The van der Waals surface area contributed by atoms with Crippen LogP contribution in [0.5, 0.6) is 0 Å². The Morgan fingerprint density at radius 3 is 2.38 bits per heavy atom. The fourth-order valence-electron chi connectivity index (χ4n) is 4.44. The highest BCUT2D eigenvalue weighted by molar-refractivity contribution is 7.89. The minimum atomic E-state index is -3.55. The van der Waals surface area contributed by atoms with Gasteiger partial charge in [0.15, 0.2) is 0 Å². The number of aromatic nitrogens is 2. The van der Waals surface area contributed by atoms with Crippen LogP contribution in [0.15, 0.2) is 11.1 Å². The van der Waals surface area contributed by atoms with Crippen LogP contribution in [0.2, 0.25) is 0 Å². The number of rotatable bonds is 4. The SMILES string of the molecule is Cn1cc(S(=O)(=O)N2C[C@H]3CC(C(=O)O)C[C@H]3C2)c(C2CCC2)n1. The summed E-state index contributed by atoms with van der Waals surface area (Å²) in [5.74, 6) is -0.462. The van der Waals surface area contributed by atoms with Gasteiger partial charge in [-0.1, -0.05) is 6.42 Å². The van der Waals surface area contributed by atoms with E-state index in [1.54, 1.807) is 22.2 Å². The molecule has 0 radical (unpaired) electrons. The Labute approximate surface area is 141 Å². The lowest BCUT2D eigenvalue weighted by molar-refractivity contribution is -0.141. The first kappa shape index (κ1) is 16.1. The predicted octanol–water partition coefficient (Wildman–Crippen LogP) is 1.42. The fraction of sp³-hybridized carbons (Fsp3) is 0.750. The summed E-state index contributed by atoms with van der Waals surface area (Å²) in [5.41, 5.74) is 0.712. The average Bonchev–Trinajstić information content (AvgIpc) is 3.08. The smallest absolute Gasteiger partial charge is 0.306 e. The van der Waals surface area contributed by atoms with E-state index in [0.29, 0.717) is 36.5 Å². The van der Waals surface area contributed by atoms with Crippen LogP contribution in [0.25, 0.3) is 0 Å². The number of hydrogen-bond donors (Lipinski definition) is 1. The molecule has 1 unspecified atom stereocenters. The Hall–Kier alpha value is -1.41. The summed E-state index contributed by atoms with van der Waals surface area (Å²) in [6.45, 7) is 0.881. The minimum absolute atomic E-state index is 0.171. The normalized spacial score (nSPS) is 31.1. The Morgan fingerprint density at radius 1 is 1.25 bits per heavy atom. The largest absolute Gasteiger partial charge is 0.481 e. The molecule has 2 heterocycles. The van der Waals surface area contributed by atoms with E-state index in [1.165, 1.54) is 0 Å². The van der Waals surface area contributed by atoms with Gasteiger partial charge in [0.2, 0.25) is 10.0 Å². The summed E-state index contributed by atoms with van der Waals surface area (Å²) in [6.07, 6.45) is 5.95. The molecule has 4 rings (SSSR count). The zero-order chi connectivity index (χ0) is 17.1. The zero-order valence-corrected chi connectivity index (χ0v) is 14.6. The average molecular weight is 353 g/mol. The second kappa shape index (κ2) is 5.56. The molecule has 24 heavy (non-hydrogen) atoms. The molecular formula is C16H23N3O4S. The standard InChI is InChI=1S/C16H23N3O4S/c1-18-9-14(15(17-18)10-3-2-4-10)24(22,23)19-7-12-5-11(16(20)21)6-13(12)8-19/h9-13H,2-8H2,1H3,(H,20,21)/t11?,12-,13+. The minimum Gasteiger partial charge on any atom is -0.481 e. The van der Waals surface area contributed by atoms with Crippen molar-refractivity contribution in [1.82, 2.24) is 14.1 Å². The summed E-state index contributed by atoms with van der Waals surface area (Å²) < 4.78 is 29.4. The van der Waals surface area contributed by atoms with Gasteiger partial charge in [-0.05, 0) is 37.5 Å². The van der Waals surface area contributed by atoms with Gasteiger partial charge in [-0.2, -0.15) is 9.40 Å². The van der Waals surface area contributed by atoms with Crippen LogP contribution in [0, 0.1) is 17.8 Å². The van der Waals surface area contributed by atoms with Crippen LogP contribution in [0.3, 0.4) is 0 Å². The van der Waals surface area contributed by atoms with E-state index in [9.17, 15) is 13.2 Å². The highest BCUT2D eigenvalue weighted by atomic mass is 32.2. The van der Waals surface area contributed by atoms with Gasteiger partial charge in [0.1, 0.15) is 4.90 Å². The van der Waals surface area contributed by atoms with E-state index in [1.807, 2.05) is 0 Å². The van der Waals surface area contributed by atoms with E-state index in [0.717, 1.165) is 19.3 Å². The molecule has 3 aliphatic rings. The molecule has 2 aliphatic carbocycles. The summed E-state index contributed by atoms with van der Waals surface area (Å²) >= 11 is 0. The second-order valence-electron chi connectivity index (χ2n) is 7.53. The van der Waals surface area contributed by atoms with Crippen LogP contribution in [-0.2, 0) is 21.9 Å². The van der Waals surface area contributed by atoms with Gasteiger partial charge in [0.25, 0.3) is 0 Å². The molecule has 0 aromatic carbocycles. The molecule has 1 aliphatic heterocycles. The van der Waals surface area contributed by atoms with Crippen molar-refractivity contribution < 1.29 is 18.3 Å². The van der Waals surface area contributed by atoms with Gasteiger partial charge in [0.05, 0.1) is 11.6 Å². The van der Waals surface area contributed by atoms with Crippen LogP contribution in [0.4, 0.5) is 0 Å². The van der Waals surface area contributed by atoms with E-state index in [4.69, 9.17) is 5.11 Å². The van der Waals surface area contributed by atoms with Gasteiger partial charge in [-0.3, -0.25) is 9.48 Å². The number of fused-ring (bicyclic) bond motifs is 1. The van der Waals surface area contributed by atoms with Crippen molar-refractivity contribution in [2.75, 3.05) is 13.1 Å². The number of aliphatic carboxylic acids is 1. The molecule has 0 spiro atoms. The van der Waals surface area contributed by atoms with E-state index >= 15 is 0 Å². The Bertz CT molecular complexity index is 754. The molecule has 1 saturated heterocycles. The number of carbonyl (C=O) groups is 1. The maximum absolute atomic E-state index is 13.1. The van der Waals surface area contributed by atoms with Gasteiger partial charge in [-0.25, -0.2) is 8.42 Å². The molecule has 132 valence electrons. The predicted molar refractivity (Wildman–Crippen MR) is 85.9 cm³/mol. The van der Waals surface area contributed by atoms with Crippen LogP contribution >= 0.6 is 0 Å². The Kier molecular flexibility index (Phi) is 3.72. The van der Waals surface area contributed by atoms with Crippen LogP contribution in [-0.4, -0.2) is 46.7 Å². The maximum Gasteiger partial charge on any atom is 0.306 e. The zero-order valence-electron chi connectivity index (χ0n) is 13.8. The second-order valence-corrected chi connectivity index (χ2v) is 9.44. The quantitative estimate of drug-likeness (QED) is 0.884. The third kappa shape index (κ3) is 2.47. The van der Waals surface area contributed by atoms with Gasteiger partial charge >= 0.3 is 5.97 Å². The molecular weight excluding hydrogens is 330 g/mol. The van der Waals surface area contributed by atoms with Gasteiger partial charge < -0.3 is 5.11 Å². The molecule has 3 atom stereocenters. The Balaban J connectivity index is 1.56. The van der Waals surface area contributed by atoms with E-state index in [-0.39, 0.29) is 23.7 Å². The molecule has 1 aromatic rings. The topological polar surface area (TPSA) is 92.5 Å². The fourth-order valence-corrected chi connectivity index (χ4v) is 6.25. The van der Waals surface area contributed by atoms with Crippen molar-refractivity contribution >= 4 is 16.0 Å². The molecule has 3 fully saturated rings. The summed E-state index contributed by atoms with van der Waals surface area (Å²) in [7, 11) is -1.79. The molecule has 1 N–H and O–H groups in total. The van der Waals surface area contributed by atoms with Crippen molar-refractivity contribution in [2.45, 2.75) is 42.9 Å². The van der Waals surface area contributed by atoms with Crippen molar-refractivity contribution in [3.63, 3.8) is 0 Å². The molecule has 0 bridgehead atoms. The molecule has 0 amide bonds. The number of aryl methyl sites for hydroxylation is 1. The first-order valence-corrected chi connectivity index (χ1v) is 10.1. The molecule has 8 heteroatoms. The van der Waals surface area contributed by atoms with Crippen molar-refractivity contribution in [3.05, 3.63) is 11.9 Å². The third-order valence-corrected chi connectivity index (χ3v) is 7.85. The number of carboxylic acids is 1. The number of carboxylic acid groups (broad SMARTS) is 1. The summed E-state index contributed by atoms with van der Waals surface area (Å²) in [4.78, 5) is 11.5. The Morgan fingerprint density at radius 2 is 1.88 bits per heavy atom. The summed E-state index contributed by atoms with van der Waals surface area (Å²) in [6, 6.07) is 0. The number of sulfonamides is 1. The molecule has 7 nitrogen and oxygen atoms in total. The number of hydrogen-bond acceptors (Lipinski definition) is 4. The lowest BCUT2D eigenvalue weighted by Crippen LogP contribution is -2.31. The van der Waals surface area contributed by atoms with Gasteiger partial charge in [-0.15, -0.1) is 0 Å². The van der Waals surface area contributed by atoms with E-state index < -0.39 is 16.0 Å². The first-order valence-electron chi connectivity index (χ1n) is 8.62. The summed E-state index contributed by atoms with van der Waals surface area (Å²) in [5, 5.41) is 13.6. The van der Waals surface area contributed by atoms with E-state index in [2.05, 4.69) is 5.10 Å². The van der Waals surface area contributed by atoms with Gasteiger partial charge in [0, 0.05) is 32.3 Å². The van der Waals surface area contributed by atoms with Crippen LogP contribution < -0.4 is 0 Å². The first-order chi connectivity index (χ1) is 11.4. The number of nitrogens with zero attached hydrogens (tertiary/aromatic N) is 3. The highest BCUT2D eigenvalue weighted by Gasteiger charge is 2.47. The molecule has 2 saturated carbocycles. The lowest BCUT2D eigenvalue weighted by Gasteiger charge is -2.25. The van der Waals surface area contributed by atoms with Crippen molar-refractivity contribution in [3.8, 4) is 0 Å². The third-order valence-electron chi connectivity index (χ3n) is 6.00. The van der Waals surface area contributed by atoms with Crippen LogP contribution in [0.1, 0.15) is 43.7 Å². The monoisotopic (exact) mass is 353 g/mol. The van der Waals surface area contributed by atoms with Crippen molar-refractivity contribution in [2.24, 2.45) is 24.8 Å². The maximum atomic E-state index is 13.1. The highest BCUT2D eigenvalue weighted by Crippen LogP contribution is 2.44. The van der Waals surface area contributed by atoms with Crippen molar-refractivity contribution in [1.29, 1.82) is 0 Å².